The number of nitrogens with one attached hydrogen (secondary N) is 1. The van der Waals surface area contributed by atoms with Crippen molar-refractivity contribution in [1.82, 2.24) is 5.32 Å². The van der Waals surface area contributed by atoms with Crippen LogP contribution in [0.15, 0.2) is 0 Å². The Morgan fingerprint density at radius 1 is 1.09 bits per heavy atom. The fourth-order valence-corrected chi connectivity index (χ4v) is 3.17. The molecular weight excluding hydrogens is 376 g/mol. The first-order chi connectivity index (χ1) is 10.3. The van der Waals surface area contributed by atoms with Gasteiger partial charge in [-0.2, -0.15) is 0 Å². The Morgan fingerprint density at radius 2 is 1.68 bits per heavy atom. The number of hydrogen-bond acceptors (Lipinski definition) is 3. The molecular formula is C13H11Cl4NO4. The number of halogens is 4. The number of carbonyl (C=O) groups excluding carboxylic acids is 1. The normalized spacial score (nSPS) is 17.5. The molecule has 1 heterocycles. The van der Waals surface area contributed by atoms with Crippen LogP contribution in [0.1, 0.15) is 33.6 Å². The monoisotopic (exact) mass is 385 g/mol. The van der Waals surface area contributed by atoms with E-state index in [0.717, 1.165) is 12.8 Å². The van der Waals surface area contributed by atoms with E-state index in [4.69, 9.17) is 51.1 Å². The standard InChI is InChI=1S/C13H11Cl4NO4/c14-8-6(12(19)18-4-5-2-1-3-22-5)7(13(20)21)9(15)11(17)10(8)16/h5H,1-4H2,(H,18,19)(H,20,21)/t5-/m0/s1. The molecule has 2 N–H and O–H groups in total. The van der Waals surface area contributed by atoms with Gasteiger partial charge in [0.1, 0.15) is 0 Å². The number of carboxylic acid groups (broad SMARTS) is 1. The third-order valence-corrected chi connectivity index (χ3v) is 5.02. The molecule has 1 saturated heterocycles. The molecule has 0 bridgehead atoms. The Bertz CT molecular complexity index is 629. The highest BCUT2D eigenvalue weighted by Gasteiger charge is 2.29. The summed E-state index contributed by atoms with van der Waals surface area (Å²) in [6.45, 7) is 0.881. The summed E-state index contributed by atoms with van der Waals surface area (Å²) in [5.41, 5.74) is -0.794. The summed E-state index contributed by atoms with van der Waals surface area (Å²) in [5, 5.41) is 10.9. The lowest BCUT2D eigenvalue weighted by molar-refractivity contribution is 0.0689. The molecule has 0 spiro atoms. The van der Waals surface area contributed by atoms with Crippen LogP contribution in [0.3, 0.4) is 0 Å². The molecule has 1 aliphatic rings. The number of ether oxygens (including phenoxy) is 1. The summed E-state index contributed by atoms with van der Waals surface area (Å²) in [6.07, 6.45) is 1.64. The Hall–Kier alpha value is -0.720. The van der Waals surface area contributed by atoms with Crippen LogP contribution in [-0.2, 0) is 4.74 Å². The van der Waals surface area contributed by atoms with Crippen LogP contribution in [0, 0.1) is 0 Å². The van der Waals surface area contributed by atoms with Gasteiger partial charge in [-0.1, -0.05) is 46.4 Å². The minimum absolute atomic E-state index is 0.103. The number of amides is 1. The van der Waals surface area contributed by atoms with E-state index < -0.39 is 17.4 Å². The van der Waals surface area contributed by atoms with Crippen LogP contribution >= 0.6 is 46.4 Å². The van der Waals surface area contributed by atoms with Crippen molar-refractivity contribution in [3.63, 3.8) is 0 Å². The second kappa shape index (κ2) is 7.23. The summed E-state index contributed by atoms with van der Waals surface area (Å²) < 4.78 is 5.38. The Balaban J connectivity index is 2.35. The second-order valence-electron chi connectivity index (χ2n) is 4.66. The highest BCUT2D eigenvalue weighted by atomic mass is 35.5. The number of rotatable bonds is 4. The average molecular weight is 387 g/mol. The van der Waals surface area contributed by atoms with E-state index in [0.29, 0.717) is 6.61 Å². The van der Waals surface area contributed by atoms with Crippen molar-refractivity contribution >= 4 is 58.3 Å². The Morgan fingerprint density at radius 3 is 2.18 bits per heavy atom. The maximum atomic E-state index is 12.3. The van der Waals surface area contributed by atoms with Gasteiger partial charge in [-0.25, -0.2) is 4.79 Å². The minimum atomic E-state index is -1.42. The van der Waals surface area contributed by atoms with Gasteiger partial charge in [0.25, 0.3) is 5.91 Å². The van der Waals surface area contributed by atoms with Gasteiger partial charge in [-0.3, -0.25) is 4.79 Å². The van der Waals surface area contributed by atoms with Crippen LogP contribution in [0.5, 0.6) is 0 Å². The lowest BCUT2D eigenvalue weighted by Crippen LogP contribution is -2.33. The fraction of sp³-hybridized carbons (Fsp3) is 0.385. The van der Waals surface area contributed by atoms with Crippen molar-refractivity contribution < 1.29 is 19.4 Å². The van der Waals surface area contributed by atoms with Gasteiger partial charge in [0.15, 0.2) is 0 Å². The SMILES string of the molecule is O=C(O)c1c(Cl)c(Cl)c(Cl)c(Cl)c1C(=O)NC[C@@H]1CCCO1. The maximum Gasteiger partial charge on any atom is 0.338 e. The van der Waals surface area contributed by atoms with E-state index in [-0.39, 0.29) is 38.3 Å². The summed E-state index contributed by atoms with van der Waals surface area (Å²) in [4.78, 5) is 23.7. The molecule has 0 radical (unpaired) electrons. The maximum absolute atomic E-state index is 12.3. The van der Waals surface area contributed by atoms with Gasteiger partial charge in [0.05, 0.1) is 37.3 Å². The first-order valence-electron chi connectivity index (χ1n) is 6.33. The molecule has 0 aromatic heterocycles. The highest BCUT2D eigenvalue weighted by molar-refractivity contribution is 6.54. The highest BCUT2D eigenvalue weighted by Crippen LogP contribution is 2.41. The van der Waals surface area contributed by atoms with Crippen molar-refractivity contribution in [2.24, 2.45) is 0 Å². The van der Waals surface area contributed by atoms with Crippen molar-refractivity contribution in [2.45, 2.75) is 18.9 Å². The van der Waals surface area contributed by atoms with E-state index >= 15 is 0 Å². The van der Waals surface area contributed by atoms with Gasteiger partial charge < -0.3 is 15.2 Å². The zero-order chi connectivity index (χ0) is 16.4. The summed E-state index contributed by atoms with van der Waals surface area (Å²) >= 11 is 23.6. The number of benzene rings is 1. The molecule has 1 aromatic rings. The van der Waals surface area contributed by atoms with Crippen LogP contribution in [0.4, 0.5) is 0 Å². The number of carboxylic acids is 1. The van der Waals surface area contributed by atoms with E-state index in [1.54, 1.807) is 0 Å². The van der Waals surface area contributed by atoms with Gasteiger partial charge in [0.2, 0.25) is 0 Å². The Labute approximate surface area is 146 Å². The van der Waals surface area contributed by atoms with E-state index in [9.17, 15) is 14.7 Å². The number of carbonyl (C=O) groups is 2. The topological polar surface area (TPSA) is 75.6 Å². The second-order valence-corrected chi connectivity index (χ2v) is 6.17. The van der Waals surface area contributed by atoms with Gasteiger partial charge >= 0.3 is 5.97 Å². The summed E-state index contributed by atoms with van der Waals surface area (Å²) in [5.74, 6) is -2.12. The lowest BCUT2D eigenvalue weighted by Gasteiger charge is -2.15. The molecule has 1 aromatic carbocycles. The average Bonchev–Trinajstić information content (AvgIpc) is 2.99. The van der Waals surface area contributed by atoms with Crippen LogP contribution in [-0.4, -0.2) is 36.2 Å². The molecule has 0 aliphatic carbocycles. The van der Waals surface area contributed by atoms with Gasteiger partial charge in [-0.05, 0) is 12.8 Å². The third kappa shape index (κ3) is 3.44. The first-order valence-corrected chi connectivity index (χ1v) is 7.84. The molecule has 22 heavy (non-hydrogen) atoms. The zero-order valence-corrected chi connectivity index (χ0v) is 14.1. The van der Waals surface area contributed by atoms with Crippen LogP contribution < -0.4 is 5.32 Å². The first kappa shape index (κ1) is 17.6. The zero-order valence-electron chi connectivity index (χ0n) is 11.1. The summed E-state index contributed by atoms with van der Waals surface area (Å²) in [6, 6.07) is 0. The molecule has 120 valence electrons. The molecule has 9 heteroatoms. The van der Waals surface area contributed by atoms with E-state index in [1.807, 2.05) is 0 Å². The number of aromatic carboxylic acids is 1. The molecule has 5 nitrogen and oxygen atoms in total. The summed E-state index contributed by atoms with van der Waals surface area (Å²) in [7, 11) is 0. The molecule has 1 amide bonds. The number of hydrogen-bond donors (Lipinski definition) is 2. The van der Waals surface area contributed by atoms with Gasteiger partial charge in [0, 0.05) is 13.2 Å². The molecule has 2 rings (SSSR count). The lowest BCUT2D eigenvalue weighted by atomic mass is 10.1. The third-order valence-electron chi connectivity index (χ3n) is 3.22. The quantitative estimate of drug-likeness (QED) is 0.607. The minimum Gasteiger partial charge on any atom is -0.478 e. The molecule has 0 unspecified atom stereocenters. The molecule has 1 fully saturated rings. The van der Waals surface area contributed by atoms with Crippen LogP contribution in [0.25, 0.3) is 0 Å². The van der Waals surface area contributed by atoms with Crippen molar-refractivity contribution in [1.29, 1.82) is 0 Å². The van der Waals surface area contributed by atoms with Crippen molar-refractivity contribution in [2.75, 3.05) is 13.2 Å². The Kier molecular flexibility index (Phi) is 5.80. The predicted molar refractivity (Wildman–Crippen MR) is 84.7 cm³/mol. The van der Waals surface area contributed by atoms with Crippen molar-refractivity contribution in [3.05, 3.63) is 31.2 Å². The van der Waals surface area contributed by atoms with E-state index in [1.165, 1.54) is 0 Å². The largest absolute Gasteiger partial charge is 0.478 e. The molecule has 1 atom stereocenters. The molecule has 0 saturated carbocycles. The van der Waals surface area contributed by atoms with Crippen LogP contribution in [0.2, 0.25) is 20.1 Å². The van der Waals surface area contributed by atoms with E-state index in [2.05, 4.69) is 5.32 Å². The van der Waals surface area contributed by atoms with Crippen molar-refractivity contribution in [3.8, 4) is 0 Å². The van der Waals surface area contributed by atoms with Gasteiger partial charge in [-0.15, -0.1) is 0 Å². The molecule has 1 aliphatic heterocycles. The predicted octanol–water partition coefficient (Wildman–Crippen LogP) is 3.91. The smallest absolute Gasteiger partial charge is 0.338 e. The fourth-order valence-electron chi connectivity index (χ4n) is 2.15.